The fourth-order valence-corrected chi connectivity index (χ4v) is 1.74. The van der Waals surface area contributed by atoms with Crippen molar-refractivity contribution < 1.29 is 0 Å². The summed E-state index contributed by atoms with van der Waals surface area (Å²) in [7, 11) is 0. The molecule has 0 amide bonds. The zero-order chi connectivity index (χ0) is 11.6. The molecule has 0 saturated heterocycles. The monoisotopic (exact) mass is 208 g/mol. The maximum Gasteiger partial charge on any atom is 0.131 e. The molecule has 0 fully saturated rings. The van der Waals surface area contributed by atoms with Crippen LogP contribution in [0.2, 0.25) is 0 Å². The second-order valence-corrected chi connectivity index (χ2v) is 4.27. The van der Waals surface area contributed by atoms with Gasteiger partial charge in [0.05, 0.1) is 17.6 Å². The van der Waals surface area contributed by atoms with Crippen molar-refractivity contribution in [3.05, 3.63) is 12.3 Å². The predicted octanol–water partition coefficient (Wildman–Crippen LogP) is 1.87. The van der Waals surface area contributed by atoms with Gasteiger partial charge >= 0.3 is 0 Å². The van der Waals surface area contributed by atoms with E-state index in [0.29, 0.717) is 23.5 Å². The lowest BCUT2D eigenvalue weighted by Gasteiger charge is -2.32. The van der Waals surface area contributed by atoms with E-state index in [1.54, 1.807) is 6.20 Å². The van der Waals surface area contributed by atoms with Crippen LogP contribution in [0, 0.1) is 0 Å². The first-order chi connectivity index (χ1) is 6.93. The smallest absolute Gasteiger partial charge is 0.131 e. The first-order valence-corrected chi connectivity index (χ1v) is 5.22. The first kappa shape index (κ1) is 11.6. The lowest BCUT2D eigenvalue weighted by molar-refractivity contribution is 0.600. The largest absolute Gasteiger partial charge is 0.397 e. The van der Waals surface area contributed by atoms with E-state index in [2.05, 4.69) is 37.6 Å². The molecular weight excluding hydrogens is 188 g/mol. The molecule has 0 bridgehead atoms. The van der Waals surface area contributed by atoms with E-state index < -0.39 is 0 Å². The third-order valence-electron chi connectivity index (χ3n) is 2.33. The standard InChI is InChI=1S/C11H20N4/c1-7(2)15(8(3)4)11-5-9(12)10(13)6-14-11/h5-8H,13H2,1-4H3,(H2,12,14). The number of nitrogens with zero attached hydrogens (tertiary/aromatic N) is 2. The highest BCUT2D eigenvalue weighted by Crippen LogP contribution is 2.23. The van der Waals surface area contributed by atoms with Gasteiger partial charge in [-0.2, -0.15) is 0 Å². The Morgan fingerprint density at radius 3 is 2.00 bits per heavy atom. The lowest BCUT2D eigenvalue weighted by atomic mass is 10.2. The minimum Gasteiger partial charge on any atom is -0.397 e. The summed E-state index contributed by atoms with van der Waals surface area (Å²) in [5.41, 5.74) is 12.5. The van der Waals surface area contributed by atoms with Crippen LogP contribution >= 0.6 is 0 Å². The van der Waals surface area contributed by atoms with Crippen molar-refractivity contribution >= 4 is 17.2 Å². The Bertz CT molecular complexity index is 325. The van der Waals surface area contributed by atoms with Gasteiger partial charge < -0.3 is 16.4 Å². The number of aromatic nitrogens is 1. The van der Waals surface area contributed by atoms with Gasteiger partial charge in [-0.25, -0.2) is 4.98 Å². The highest BCUT2D eigenvalue weighted by molar-refractivity contribution is 5.66. The minimum absolute atomic E-state index is 0.389. The van der Waals surface area contributed by atoms with Crippen molar-refractivity contribution in [2.45, 2.75) is 39.8 Å². The van der Waals surface area contributed by atoms with Crippen molar-refractivity contribution in [1.82, 2.24) is 4.98 Å². The molecule has 0 unspecified atom stereocenters. The molecule has 1 rings (SSSR count). The van der Waals surface area contributed by atoms with Crippen LogP contribution in [0.3, 0.4) is 0 Å². The van der Waals surface area contributed by atoms with Crippen LogP contribution in [0.1, 0.15) is 27.7 Å². The Balaban J connectivity index is 3.07. The summed E-state index contributed by atoms with van der Waals surface area (Å²) < 4.78 is 0. The molecular formula is C11H20N4. The maximum absolute atomic E-state index is 5.77. The quantitative estimate of drug-likeness (QED) is 0.795. The fourth-order valence-electron chi connectivity index (χ4n) is 1.74. The number of nitrogens with two attached hydrogens (primary N) is 2. The Morgan fingerprint density at radius 2 is 1.60 bits per heavy atom. The zero-order valence-electron chi connectivity index (χ0n) is 9.86. The SMILES string of the molecule is CC(C)N(c1cc(N)c(N)cn1)C(C)C. The molecule has 0 spiro atoms. The molecule has 0 atom stereocenters. The summed E-state index contributed by atoms with van der Waals surface area (Å²) in [4.78, 5) is 6.51. The molecule has 1 aromatic heterocycles. The van der Waals surface area contributed by atoms with E-state index in [4.69, 9.17) is 11.5 Å². The second kappa shape index (κ2) is 4.38. The predicted molar refractivity (Wildman–Crippen MR) is 65.8 cm³/mol. The summed E-state index contributed by atoms with van der Waals surface area (Å²) in [6.07, 6.45) is 1.61. The molecule has 0 aliphatic heterocycles. The topological polar surface area (TPSA) is 68.2 Å². The van der Waals surface area contributed by atoms with Gasteiger partial charge in [0.25, 0.3) is 0 Å². The molecule has 1 heterocycles. The average Bonchev–Trinajstić information content (AvgIpc) is 2.10. The molecule has 0 aliphatic carbocycles. The Morgan fingerprint density at radius 1 is 1.07 bits per heavy atom. The van der Waals surface area contributed by atoms with Crippen LogP contribution < -0.4 is 16.4 Å². The molecule has 15 heavy (non-hydrogen) atoms. The van der Waals surface area contributed by atoms with E-state index in [-0.39, 0.29) is 0 Å². The fraction of sp³-hybridized carbons (Fsp3) is 0.545. The summed E-state index contributed by atoms with van der Waals surface area (Å²) in [5, 5.41) is 0. The van der Waals surface area contributed by atoms with Gasteiger partial charge in [-0.1, -0.05) is 0 Å². The number of rotatable bonds is 3. The maximum atomic E-state index is 5.77. The van der Waals surface area contributed by atoms with Crippen molar-refractivity contribution in [1.29, 1.82) is 0 Å². The van der Waals surface area contributed by atoms with Crippen molar-refractivity contribution in [2.24, 2.45) is 0 Å². The Kier molecular flexibility index (Phi) is 3.39. The molecule has 4 heteroatoms. The van der Waals surface area contributed by atoms with Crippen molar-refractivity contribution in [2.75, 3.05) is 16.4 Å². The Labute approximate surface area is 91.3 Å². The van der Waals surface area contributed by atoms with E-state index in [0.717, 1.165) is 5.82 Å². The molecule has 0 saturated carbocycles. The van der Waals surface area contributed by atoms with Gasteiger partial charge in [0.15, 0.2) is 0 Å². The van der Waals surface area contributed by atoms with Crippen LogP contribution in [-0.4, -0.2) is 17.1 Å². The van der Waals surface area contributed by atoms with Gasteiger partial charge in [-0.15, -0.1) is 0 Å². The minimum atomic E-state index is 0.389. The molecule has 0 aliphatic rings. The second-order valence-electron chi connectivity index (χ2n) is 4.27. The van der Waals surface area contributed by atoms with Crippen LogP contribution in [-0.2, 0) is 0 Å². The normalized spacial score (nSPS) is 11.1. The summed E-state index contributed by atoms with van der Waals surface area (Å²) in [6.45, 7) is 8.53. The third-order valence-corrected chi connectivity index (χ3v) is 2.33. The van der Waals surface area contributed by atoms with E-state index in [1.807, 2.05) is 6.07 Å². The molecule has 4 N–H and O–H groups in total. The highest BCUT2D eigenvalue weighted by atomic mass is 15.2. The zero-order valence-corrected chi connectivity index (χ0v) is 9.86. The first-order valence-electron chi connectivity index (χ1n) is 5.22. The molecule has 0 aromatic carbocycles. The number of anilines is 3. The van der Waals surface area contributed by atoms with Crippen molar-refractivity contribution in [3.63, 3.8) is 0 Å². The lowest BCUT2D eigenvalue weighted by Crippen LogP contribution is -2.37. The van der Waals surface area contributed by atoms with E-state index in [9.17, 15) is 0 Å². The molecule has 1 aromatic rings. The number of pyridine rings is 1. The van der Waals surface area contributed by atoms with Gasteiger partial charge in [-0.05, 0) is 27.7 Å². The van der Waals surface area contributed by atoms with Crippen LogP contribution in [0.5, 0.6) is 0 Å². The van der Waals surface area contributed by atoms with Crippen molar-refractivity contribution in [3.8, 4) is 0 Å². The molecule has 84 valence electrons. The highest BCUT2D eigenvalue weighted by Gasteiger charge is 2.15. The molecule has 4 nitrogen and oxygen atoms in total. The number of hydrogen-bond acceptors (Lipinski definition) is 4. The van der Waals surface area contributed by atoms with Gasteiger partial charge in [-0.3, -0.25) is 0 Å². The molecule has 0 radical (unpaired) electrons. The summed E-state index contributed by atoms with van der Waals surface area (Å²) in [5.74, 6) is 0.881. The summed E-state index contributed by atoms with van der Waals surface area (Å²) >= 11 is 0. The van der Waals surface area contributed by atoms with Gasteiger partial charge in [0.1, 0.15) is 5.82 Å². The van der Waals surface area contributed by atoms with Crippen LogP contribution in [0.4, 0.5) is 17.2 Å². The third kappa shape index (κ3) is 2.52. The van der Waals surface area contributed by atoms with E-state index in [1.165, 1.54) is 0 Å². The number of hydrogen-bond donors (Lipinski definition) is 2. The summed E-state index contributed by atoms with van der Waals surface area (Å²) in [6, 6.07) is 2.61. The Hall–Kier alpha value is -1.45. The van der Waals surface area contributed by atoms with Gasteiger partial charge in [0, 0.05) is 18.2 Å². The van der Waals surface area contributed by atoms with E-state index >= 15 is 0 Å². The number of nitrogen functional groups attached to an aromatic ring is 2. The van der Waals surface area contributed by atoms with Crippen LogP contribution in [0.25, 0.3) is 0 Å². The van der Waals surface area contributed by atoms with Crippen LogP contribution in [0.15, 0.2) is 12.3 Å². The van der Waals surface area contributed by atoms with Gasteiger partial charge in [0.2, 0.25) is 0 Å². The average molecular weight is 208 g/mol.